The molecule has 4 rings (SSSR count). The Balaban J connectivity index is 1.88. The van der Waals surface area contributed by atoms with Crippen molar-refractivity contribution in [2.24, 2.45) is 4.99 Å². The average molecular weight is 434 g/mol. The van der Waals surface area contributed by atoms with Crippen LogP contribution in [0.15, 0.2) is 35.3 Å². The van der Waals surface area contributed by atoms with Crippen molar-refractivity contribution < 1.29 is 32.6 Å². The maximum atomic E-state index is 14.0. The predicted molar refractivity (Wildman–Crippen MR) is 104 cm³/mol. The summed E-state index contributed by atoms with van der Waals surface area (Å²) in [4.78, 5) is 28.6. The fourth-order valence-corrected chi connectivity index (χ4v) is 4.06. The van der Waals surface area contributed by atoms with Gasteiger partial charge in [-0.05, 0) is 19.1 Å². The molecule has 7 nitrogen and oxygen atoms in total. The molecule has 0 unspecified atom stereocenters. The standard InChI is InChI=1S/C20H16F2N2O5S/c1-2-27-17(25)10-24-13-8-14-15(29-7-6-28-14)9-16(13)30-20(24)23-19(26)18-11(21)4-3-5-12(18)22/h3-5,8-9H,2,6-7,10H2,1H3. The number of rotatable bonds is 4. The van der Waals surface area contributed by atoms with Gasteiger partial charge in [-0.1, -0.05) is 17.4 Å². The van der Waals surface area contributed by atoms with E-state index >= 15 is 0 Å². The highest BCUT2D eigenvalue weighted by molar-refractivity contribution is 7.16. The Morgan fingerprint density at radius 3 is 2.50 bits per heavy atom. The van der Waals surface area contributed by atoms with Gasteiger partial charge in [-0.15, -0.1) is 0 Å². The van der Waals surface area contributed by atoms with E-state index in [1.807, 2.05) is 0 Å². The molecule has 1 amide bonds. The van der Waals surface area contributed by atoms with Crippen LogP contribution in [0.25, 0.3) is 10.2 Å². The van der Waals surface area contributed by atoms with Gasteiger partial charge in [0.2, 0.25) is 0 Å². The lowest BCUT2D eigenvalue weighted by Crippen LogP contribution is -2.23. The minimum atomic E-state index is -1.09. The van der Waals surface area contributed by atoms with Gasteiger partial charge in [0, 0.05) is 12.1 Å². The monoisotopic (exact) mass is 434 g/mol. The Hall–Kier alpha value is -3.27. The topological polar surface area (TPSA) is 79.1 Å². The first-order chi connectivity index (χ1) is 14.5. The van der Waals surface area contributed by atoms with E-state index in [1.54, 1.807) is 19.1 Å². The first kappa shape index (κ1) is 20.0. The first-order valence-corrected chi connectivity index (χ1v) is 9.91. The number of nitrogens with zero attached hydrogens (tertiary/aromatic N) is 2. The summed E-state index contributed by atoms with van der Waals surface area (Å²) < 4.78 is 46.2. The number of amides is 1. The normalized spacial score (nSPS) is 13.5. The van der Waals surface area contributed by atoms with Gasteiger partial charge >= 0.3 is 5.97 Å². The molecule has 0 bridgehead atoms. The van der Waals surface area contributed by atoms with E-state index in [0.29, 0.717) is 34.9 Å². The van der Waals surface area contributed by atoms with Gasteiger partial charge in [0.05, 0.1) is 16.8 Å². The van der Waals surface area contributed by atoms with Gasteiger partial charge in [0.25, 0.3) is 5.91 Å². The number of hydrogen-bond acceptors (Lipinski definition) is 6. The molecule has 3 aromatic rings. The van der Waals surface area contributed by atoms with E-state index in [2.05, 4.69) is 4.99 Å². The number of benzene rings is 2. The lowest BCUT2D eigenvalue weighted by molar-refractivity contribution is -0.143. The molecular weight excluding hydrogens is 418 g/mol. The molecule has 0 saturated heterocycles. The van der Waals surface area contributed by atoms with E-state index in [9.17, 15) is 18.4 Å². The molecule has 0 fully saturated rings. The van der Waals surface area contributed by atoms with Crippen LogP contribution in [-0.2, 0) is 16.1 Å². The Kier molecular flexibility index (Phi) is 5.49. The van der Waals surface area contributed by atoms with Crippen LogP contribution < -0.4 is 14.3 Å². The van der Waals surface area contributed by atoms with Crippen LogP contribution in [0, 0.1) is 11.6 Å². The third-order valence-corrected chi connectivity index (χ3v) is 5.35. The van der Waals surface area contributed by atoms with Gasteiger partial charge in [-0.25, -0.2) is 8.78 Å². The molecule has 0 saturated carbocycles. The molecule has 2 heterocycles. The number of fused-ring (bicyclic) bond motifs is 2. The van der Waals surface area contributed by atoms with Gasteiger partial charge in [0.1, 0.15) is 37.0 Å². The molecule has 10 heteroatoms. The van der Waals surface area contributed by atoms with Gasteiger partial charge < -0.3 is 18.8 Å². The summed E-state index contributed by atoms with van der Waals surface area (Å²) in [5, 5.41) is 0. The maximum absolute atomic E-state index is 14.0. The van der Waals surface area contributed by atoms with Crippen molar-refractivity contribution in [3.8, 4) is 11.5 Å². The number of carbonyl (C=O) groups is 2. The Morgan fingerprint density at radius 2 is 1.83 bits per heavy atom. The van der Waals surface area contributed by atoms with Crippen LogP contribution in [0.4, 0.5) is 8.78 Å². The Labute approximate surface area is 173 Å². The Bertz CT molecular complexity index is 1200. The molecule has 0 spiro atoms. The second-order valence-corrected chi connectivity index (χ2v) is 7.26. The molecule has 1 aliphatic heterocycles. The molecule has 30 heavy (non-hydrogen) atoms. The van der Waals surface area contributed by atoms with E-state index in [-0.39, 0.29) is 18.0 Å². The summed E-state index contributed by atoms with van der Waals surface area (Å²) in [6, 6.07) is 6.50. The molecule has 0 N–H and O–H groups in total. The van der Waals surface area contributed by atoms with Crippen molar-refractivity contribution in [2.75, 3.05) is 19.8 Å². The fourth-order valence-electron chi connectivity index (χ4n) is 3.03. The van der Waals surface area contributed by atoms with Crippen LogP contribution in [0.1, 0.15) is 17.3 Å². The number of esters is 1. The van der Waals surface area contributed by atoms with Crippen LogP contribution in [-0.4, -0.2) is 36.3 Å². The summed E-state index contributed by atoms with van der Waals surface area (Å²) in [6.07, 6.45) is 0. The molecule has 2 aromatic carbocycles. The van der Waals surface area contributed by atoms with Crippen molar-refractivity contribution >= 4 is 33.4 Å². The summed E-state index contributed by atoms with van der Waals surface area (Å²) in [6.45, 7) is 2.39. The zero-order valence-electron chi connectivity index (χ0n) is 15.8. The number of ether oxygens (including phenoxy) is 3. The van der Waals surface area contributed by atoms with Crippen molar-refractivity contribution in [3.63, 3.8) is 0 Å². The molecular formula is C20H16F2N2O5S. The van der Waals surface area contributed by atoms with E-state index in [1.165, 1.54) is 4.57 Å². The van der Waals surface area contributed by atoms with Gasteiger partial charge in [-0.3, -0.25) is 9.59 Å². The fraction of sp³-hybridized carbons (Fsp3) is 0.250. The smallest absolute Gasteiger partial charge is 0.326 e. The van der Waals surface area contributed by atoms with Crippen molar-refractivity contribution in [3.05, 3.63) is 52.3 Å². The highest BCUT2D eigenvalue weighted by atomic mass is 32.1. The van der Waals surface area contributed by atoms with E-state index < -0.39 is 29.1 Å². The van der Waals surface area contributed by atoms with Crippen LogP contribution >= 0.6 is 11.3 Å². The van der Waals surface area contributed by atoms with Crippen molar-refractivity contribution in [1.82, 2.24) is 4.57 Å². The lowest BCUT2D eigenvalue weighted by Gasteiger charge is -2.18. The molecule has 0 atom stereocenters. The highest BCUT2D eigenvalue weighted by Crippen LogP contribution is 2.35. The second-order valence-electron chi connectivity index (χ2n) is 6.25. The molecule has 1 aromatic heterocycles. The summed E-state index contributed by atoms with van der Waals surface area (Å²) in [7, 11) is 0. The van der Waals surface area contributed by atoms with Crippen molar-refractivity contribution in [1.29, 1.82) is 0 Å². The minimum Gasteiger partial charge on any atom is -0.486 e. The zero-order chi connectivity index (χ0) is 21.3. The predicted octanol–water partition coefficient (Wildman–Crippen LogP) is 3.06. The van der Waals surface area contributed by atoms with E-state index in [4.69, 9.17) is 14.2 Å². The highest BCUT2D eigenvalue weighted by Gasteiger charge is 2.20. The molecule has 1 aliphatic rings. The SMILES string of the molecule is CCOC(=O)Cn1c(=NC(=O)c2c(F)cccc2F)sc2cc3c(cc21)OCCO3. The third kappa shape index (κ3) is 3.78. The molecule has 156 valence electrons. The number of halogens is 2. The number of carbonyl (C=O) groups excluding carboxylic acids is 2. The molecule has 0 radical (unpaired) electrons. The molecule has 0 aliphatic carbocycles. The maximum Gasteiger partial charge on any atom is 0.326 e. The first-order valence-electron chi connectivity index (χ1n) is 9.09. The zero-order valence-corrected chi connectivity index (χ0v) is 16.6. The number of aromatic nitrogens is 1. The average Bonchev–Trinajstić information content (AvgIpc) is 3.02. The minimum absolute atomic E-state index is 0.0908. The van der Waals surface area contributed by atoms with Gasteiger partial charge in [-0.2, -0.15) is 4.99 Å². The summed E-state index contributed by atoms with van der Waals surface area (Å²) >= 11 is 1.08. The number of hydrogen-bond donors (Lipinski definition) is 0. The van der Waals surface area contributed by atoms with Crippen LogP contribution in [0.5, 0.6) is 11.5 Å². The Morgan fingerprint density at radius 1 is 1.17 bits per heavy atom. The largest absolute Gasteiger partial charge is 0.486 e. The summed E-state index contributed by atoms with van der Waals surface area (Å²) in [5.74, 6) is -2.65. The van der Waals surface area contributed by atoms with Crippen LogP contribution in [0.3, 0.4) is 0 Å². The third-order valence-electron chi connectivity index (χ3n) is 4.31. The second kappa shape index (κ2) is 8.23. The number of thiazole rings is 1. The van der Waals surface area contributed by atoms with E-state index in [0.717, 1.165) is 29.5 Å². The van der Waals surface area contributed by atoms with Crippen LogP contribution in [0.2, 0.25) is 0 Å². The van der Waals surface area contributed by atoms with Crippen molar-refractivity contribution in [2.45, 2.75) is 13.5 Å². The quantitative estimate of drug-likeness (QED) is 0.590. The lowest BCUT2D eigenvalue weighted by atomic mass is 10.2. The van der Waals surface area contributed by atoms with Gasteiger partial charge in [0.15, 0.2) is 16.3 Å². The summed E-state index contributed by atoms with van der Waals surface area (Å²) in [5.41, 5.74) is -0.207.